The number of ether oxygens (including phenoxy) is 1. The minimum Gasteiger partial charge on any atom is -0.495 e. The molecule has 0 spiro atoms. The maximum Gasteiger partial charge on any atom is 0.251 e. The lowest BCUT2D eigenvalue weighted by atomic mass is 10.1. The SMILES string of the molecule is CCN(CC)CCNC(=O)c1ccc(Nc2ncc3c(n2)N(CC(C)C)CCC(=O)N3C)c(OC)c1. The number of hydrogen-bond acceptors (Lipinski definition) is 8. The predicted octanol–water partition coefficient (Wildman–Crippen LogP) is 3.13. The van der Waals surface area contributed by atoms with Crippen LogP contribution in [-0.4, -0.2) is 80.1 Å². The number of rotatable bonds is 11. The van der Waals surface area contributed by atoms with Crippen LogP contribution in [-0.2, 0) is 4.79 Å². The number of anilines is 4. The topological polar surface area (TPSA) is 103 Å². The second-order valence-electron chi connectivity index (χ2n) is 9.27. The Morgan fingerprint density at radius 2 is 2.00 bits per heavy atom. The number of fused-ring (bicyclic) bond motifs is 1. The van der Waals surface area contributed by atoms with Crippen molar-refractivity contribution in [3.63, 3.8) is 0 Å². The lowest BCUT2D eigenvalue weighted by Gasteiger charge is -2.26. The maximum atomic E-state index is 12.6. The molecule has 1 aliphatic heterocycles. The van der Waals surface area contributed by atoms with E-state index < -0.39 is 0 Å². The second kappa shape index (κ2) is 12.5. The zero-order valence-electron chi connectivity index (χ0n) is 22.3. The van der Waals surface area contributed by atoms with Crippen LogP contribution in [0.25, 0.3) is 0 Å². The summed E-state index contributed by atoms with van der Waals surface area (Å²) in [5.74, 6) is 1.92. The highest BCUT2D eigenvalue weighted by atomic mass is 16.5. The van der Waals surface area contributed by atoms with Crippen molar-refractivity contribution in [3.05, 3.63) is 30.0 Å². The molecule has 2 heterocycles. The molecule has 1 aliphatic rings. The molecule has 0 saturated carbocycles. The highest BCUT2D eigenvalue weighted by Gasteiger charge is 2.26. The summed E-state index contributed by atoms with van der Waals surface area (Å²) >= 11 is 0. The van der Waals surface area contributed by atoms with E-state index in [1.165, 1.54) is 0 Å². The summed E-state index contributed by atoms with van der Waals surface area (Å²) in [6.07, 6.45) is 2.10. The van der Waals surface area contributed by atoms with Crippen molar-refractivity contribution in [3.8, 4) is 5.75 Å². The van der Waals surface area contributed by atoms with E-state index in [2.05, 4.69) is 53.1 Å². The van der Waals surface area contributed by atoms with Crippen molar-refractivity contribution in [2.24, 2.45) is 5.92 Å². The van der Waals surface area contributed by atoms with E-state index in [4.69, 9.17) is 9.72 Å². The van der Waals surface area contributed by atoms with Crippen molar-refractivity contribution in [2.75, 3.05) is 68.5 Å². The molecule has 0 aliphatic carbocycles. The van der Waals surface area contributed by atoms with Crippen LogP contribution in [0, 0.1) is 5.92 Å². The van der Waals surface area contributed by atoms with Crippen molar-refractivity contribution in [1.82, 2.24) is 20.2 Å². The predicted molar refractivity (Wildman–Crippen MR) is 144 cm³/mol. The Balaban J connectivity index is 1.79. The van der Waals surface area contributed by atoms with Gasteiger partial charge in [-0.15, -0.1) is 0 Å². The van der Waals surface area contributed by atoms with E-state index in [0.717, 1.165) is 32.0 Å². The van der Waals surface area contributed by atoms with Gasteiger partial charge in [-0.2, -0.15) is 4.98 Å². The van der Waals surface area contributed by atoms with Gasteiger partial charge in [-0.25, -0.2) is 4.98 Å². The Hall–Kier alpha value is -3.40. The van der Waals surface area contributed by atoms with Crippen molar-refractivity contribution in [2.45, 2.75) is 34.1 Å². The van der Waals surface area contributed by atoms with Crippen molar-refractivity contribution < 1.29 is 14.3 Å². The van der Waals surface area contributed by atoms with Crippen LogP contribution in [0.15, 0.2) is 24.4 Å². The first-order valence-electron chi connectivity index (χ1n) is 12.6. The molecule has 0 saturated heterocycles. The average Bonchev–Trinajstić information content (AvgIpc) is 2.98. The van der Waals surface area contributed by atoms with Gasteiger partial charge in [0.15, 0.2) is 5.82 Å². The van der Waals surface area contributed by atoms with E-state index in [-0.39, 0.29) is 11.8 Å². The number of carbonyl (C=O) groups is 2. The standard InChI is InChI=1S/C26H39N7O3/c1-7-32(8-2)14-12-27-25(35)19-9-10-20(22(15-19)36-6)29-26-28-16-21-24(30-26)33(17-18(3)4)13-11-23(34)31(21)5/h9-10,15-16,18H,7-8,11-14,17H2,1-6H3,(H,27,35)(H,28,29,30). The third-order valence-corrected chi connectivity index (χ3v) is 6.28. The zero-order valence-corrected chi connectivity index (χ0v) is 22.3. The fourth-order valence-corrected chi connectivity index (χ4v) is 4.18. The summed E-state index contributed by atoms with van der Waals surface area (Å²) < 4.78 is 5.55. The lowest BCUT2D eigenvalue weighted by Crippen LogP contribution is -2.34. The van der Waals surface area contributed by atoms with Gasteiger partial charge in [-0.1, -0.05) is 27.7 Å². The molecule has 1 aromatic carbocycles. The molecular weight excluding hydrogens is 458 g/mol. The molecule has 0 atom stereocenters. The molecule has 10 heteroatoms. The number of nitrogens with zero attached hydrogens (tertiary/aromatic N) is 5. The van der Waals surface area contributed by atoms with Crippen LogP contribution in [0.3, 0.4) is 0 Å². The zero-order chi connectivity index (χ0) is 26.2. The summed E-state index contributed by atoms with van der Waals surface area (Å²) in [7, 11) is 3.32. The molecule has 0 unspecified atom stereocenters. The Morgan fingerprint density at radius 3 is 2.67 bits per heavy atom. The monoisotopic (exact) mass is 497 g/mol. The van der Waals surface area contributed by atoms with Crippen LogP contribution in [0.2, 0.25) is 0 Å². The Labute approximate surface area is 214 Å². The summed E-state index contributed by atoms with van der Waals surface area (Å²) in [5, 5.41) is 6.19. The fourth-order valence-electron chi connectivity index (χ4n) is 4.18. The molecule has 0 fully saturated rings. The molecule has 0 radical (unpaired) electrons. The molecule has 0 bridgehead atoms. The number of likely N-dealkylation sites (N-methyl/N-ethyl adjacent to an activating group) is 1. The molecule has 1 aromatic heterocycles. The molecule has 2 amide bonds. The molecule has 2 N–H and O–H groups in total. The number of hydrogen-bond donors (Lipinski definition) is 2. The number of benzene rings is 1. The van der Waals surface area contributed by atoms with E-state index in [9.17, 15) is 9.59 Å². The quantitative estimate of drug-likeness (QED) is 0.488. The van der Waals surface area contributed by atoms with E-state index in [1.807, 2.05) is 0 Å². The molecule has 10 nitrogen and oxygen atoms in total. The van der Waals surface area contributed by atoms with Crippen LogP contribution in [0.4, 0.5) is 23.1 Å². The van der Waals surface area contributed by atoms with Gasteiger partial charge < -0.3 is 30.1 Å². The highest BCUT2D eigenvalue weighted by Crippen LogP contribution is 2.33. The van der Waals surface area contributed by atoms with Gasteiger partial charge in [-0.3, -0.25) is 9.59 Å². The minimum atomic E-state index is -0.148. The third-order valence-electron chi connectivity index (χ3n) is 6.28. The Bertz CT molecular complexity index is 1060. The van der Waals surface area contributed by atoms with Gasteiger partial charge in [0.05, 0.1) is 19.0 Å². The summed E-state index contributed by atoms with van der Waals surface area (Å²) in [4.78, 5) is 40.3. The first kappa shape index (κ1) is 27.2. The first-order valence-corrected chi connectivity index (χ1v) is 12.6. The molecule has 2 aromatic rings. The Morgan fingerprint density at radius 1 is 1.25 bits per heavy atom. The van der Waals surface area contributed by atoms with E-state index in [0.29, 0.717) is 54.1 Å². The number of aromatic nitrogens is 2. The first-order chi connectivity index (χ1) is 17.3. The number of amides is 2. The van der Waals surface area contributed by atoms with Gasteiger partial charge in [0.25, 0.3) is 5.91 Å². The van der Waals surface area contributed by atoms with E-state index in [1.54, 1.807) is 43.5 Å². The van der Waals surface area contributed by atoms with E-state index >= 15 is 0 Å². The summed E-state index contributed by atoms with van der Waals surface area (Å²) in [6.45, 7) is 13.2. The second-order valence-corrected chi connectivity index (χ2v) is 9.27. The maximum absolute atomic E-state index is 12.6. The number of carbonyl (C=O) groups excluding carboxylic acids is 2. The molecule has 196 valence electrons. The molecular formula is C26H39N7O3. The highest BCUT2D eigenvalue weighted by molar-refractivity contribution is 5.97. The summed E-state index contributed by atoms with van der Waals surface area (Å²) in [6, 6.07) is 5.24. The third kappa shape index (κ3) is 6.63. The largest absolute Gasteiger partial charge is 0.495 e. The minimum absolute atomic E-state index is 0.0412. The van der Waals surface area contributed by atoms with Crippen molar-refractivity contribution >= 4 is 35.0 Å². The van der Waals surface area contributed by atoms with Crippen molar-refractivity contribution in [1.29, 1.82) is 0 Å². The van der Waals surface area contributed by atoms with Gasteiger partial charge in [0.2, 0.25) is 11.9 Å². The van der Waals surface area contributed by atoms with Gasteiger partial charge in [-0.05, 0) is 37.2 Å². The fraction of sp³-hybridized carbons (Fsp3) is 0.538. The van der Waals surface area contributed by atoms with Gasteiger partial charge in [0, 0.05) is 45.2 Å². The smallest absolute Gasteiger partial charge is 0.251 e. The number of nitrogens with one attached hydrogen (secondary N) is 2. The van der Waals surface area contributed by atoms with Crippen LogP contribution >= 0.6 is 0 Å². The summed E-state index contributed by atoms with van der Waals surface area (Å²) in [5.41, 5.74) is 1.85. The van der Waals surface area contributed by atoms with Crippen LogP contribution < -0.4 is 25.2 Å². The average molecular weight is 498 g/mol. The lowest BCUT2D eigenvalue weighted by molar-refractivity contribution is -0.118. The van der Waals surface area contributed by atoms with Gasteiger partial charge >= 0.3 is 0 Å². The Kier molecular flexibility index (Phi) is 9.46. The normalized spacial score (nSPS) is 13.6. The number of methoxy groups -OCH3 is 1. The van der Waals surface area contributed by atoms with Crippen LogP contribution in [0.1, 0.15) is 44.5 Å². The van der Waals surface area contributed by atoms with Gasteiger partial charge in [0.1, 0.15) is 11.4 Å². The molecule has 3 rings (SSSR count). The van der Waals surface area contributed by atoms with Crippen LogP contribution in [0.5, 0.6) is 5.75 Å². The molecule has 36 heavy (non-hydrogen) atoms.